The van der Waals surface area contributed by atoms with E-state index in [4.69, 9.17) is 0 Å². The maximum atomic E-state index is 4.10. The van der Waals surface area contributed by atoms with Gasteiger partial charge in [-0.2, -0.15) is 0 Å². The molecule has 2 saturated heterocycles. The lowest BCUT2D eigenvalue weighted by Gasteiger charge is -2.46. The van der Waals surface area contributed by atoms with E-state index in [0.29, 0.717) is 12.2 Å². The van der Waals surface area contributed by atoms with E-state index in [1.54, 1.807) is 0 Å². The lowest BCUT2D eigenvalue weighted by atomic mass is 10.1. The van der Waals surface area contributed by atoms with Gasteiger partial charge in [-0.05, 0) is 19.9 Å². The van der Waals surface area contributed by atoms with Crippen molar-refractivity contribution < 1.29 is 0 Å². The van der Waals surface area contributed by atoms with Gasteiger partial charge in [0.05, 0.1) is 6.17 Å². The van der Waals surface area contributed by atoms with Crippen LogP contribution in [-0.4, -0.2) is 67.8 Å². The highest BCUT2D eigenvalue weighted by Gasteiger charge is 2.30. The predicted molar refractivity (Wildman–Crippen MR) is 71.9 cm³/mol. The number of piperazine rings is 2. The Hall–Kier alpha value is -0.160. The summed E-state index contributed by atoms with van der Waals surface area (Å²) in [7, 11) is 0. The van der Waals surface area contributed by atoms with Crippen molar-refractivity contribution in [1.29, 1.82) is 0 Å². The van der Waals surface area contributed by atoms with Gasteiger partial charge in [-0.25, -0.2) is 0 Å². The minimum Gasteiger partial charge on any atom is -0.314 e. The summed E-state index contributed by atoms with van der Waals surface area (Å²) >= 11 is 0. The van der Waals surface area contributed by atoms with E-state index in [-0.39, 0.29) is 0 Å². The fourth-order valence-corrected chi connectivity index (χ4v) is 2.99. The van der Waals surface area contributed by atoms with E-state index >= 15 is 0 Å². The monoisotopic (exact) mass is 239 g/mol. The Bertz CT molecular complexity index is 215. The molecule has 0 aromatic rings. The SMILES string of the molecule is [CH2]CN1CC(CCC)NCC1N1CCNCC1. The van der Waals surface area contributed by atoms with E-state index in [2.05, 4.69) is 34.3 Å². The molecule has 2 N–H and O–H groups in total. The second kappa shape index (κ2) is 6.69. The molecule has 0 aromatic carbocycles. The van der Waals surface area contributed by atoms with Crippen LogP contribution < -0.4 is 10.6 Å². The average molecular weight is 239 g/mol. The van der Waals surface area contributed by atoms with Crippen molar-refractivity contribution in [1.82, 2.24) is 20.4 Å². The quantitative estimate of drug-likeness (QED) is 0.730. The average Bonchev–Trinajstić information content (AvgIpc) is 2.40. The molecule has 0 bridgehead atoms. The van der Waals surface area contributed by atoms with E-state index < -0.39 is 0 Å². The van der Waals surface area contributed by atoms with Crippen molar-refractivity contribution in [3.8, 4) is 0 Å². The van der Waals surface area contributed by atoms with Gasteiger partial charge in [0.25, 0.3) is 0 Å². The zero-order valence-corrected chi connectivity index (χ0v) is 11.1. The summed E-state index contributed by atoms with van der Waals surface area (Å²) in [6.07, 6.45) is 3.11. The number of rotatable bonds is 4. The standard InChI is InChI=1S/C13H27N4/c1-3-5-12-11-16(4-2)13(10-15-12)17-8-6-14-7-9-17/h12-15H,2-11H2,1H3. The molecule has 4 heteroatoms. The van der Waals surface area contributed by atoms with Gasteiger partial charge in [-0.1, -0.05) is 13.3 Å². The molecule has 17 heavy (non-hydrogen) atoms. The van der Waals surface area contributed by atoms with Crippen LogP contribution in [0.3, 0.4) is 0 Å². The first-order chi connectivity index (χ1) is 8.35. The van der Waals surface area contributed by atoms with Crippen LogP contribution in [0, 0.1) is 6.92 Å². The summed E-state index contributed by atoms with van der Waals surface area (Å²) in [5.74, 6) is 0. The van der Waals surface area contributed by atoms with Crippen LogP contribution in [0.25, 0.3) is 0 Å². The minimum absolute atomic E-state index is 0.558. The Morgan fingerprint density at radius 3 is 2.71 bits per heavy atom. The third kappa shape index (κ3) is 3.41. The molecule has 0 aliphatic carbocycles. The van der Waals surface area contributed by atoms with Crippen molar-refractivity contribution in [2.45, 2.75) is 32.0 Å². The summed E-state index contributed by atoms with van der Waals surface area (Å²) in [4.78, 5) is 5.14. The van der Waals surface area contributed by atoms with Crippen molar-refractivity contribution >= 4 is 0 Å². The van der Waals surface area contributed by atoms with Gasteiger partial charge in [0, 0.05) is 45.3 Å². The molecule has 2 aliphatic heterocycles. The van der Waals surface area contributed by atoms with Crippen LogP contribution in [0.2, 0.25) is 0 Å². The largest absolute Gasteiger partial charge is 0.314 e. The Labute approximate surface area is 106 Å². The highest BCUT2D eigenvalue weighted by Crippen LogP contribution is 2.14. The van der Waals surface area contributed by atoms with Gasteiger partial charge in [0.15, 0.2) is 0 Å². The van der Waals surface area contributed by atoms with Crippen LogP contribution >= 0.6 is 0 Å². The Balaban J connectivity index is 1.89. The Kier molecular flexibility index (Phi) is 5.22. The normalized spacial score (nSPS) is 32.8. The summed E-state index contributed by atoms with van der Waals surface area (Å²) in [6.45, 7) is 14.1. The molecular weight excluding hydrogens is 212 g/mol. The molecule has 0 amide bonds. The highest BCUT2D eigenvalue weighted by molar-refractivity contribution is 4.88. The van der Waals surface area contributed by atoms with Crippen molar-refractivity contribution in [3.05, 3.63) is 6.92 Å². The summed E-state index contributed by atoms with van der Waals surface area (Å²) in [6, 6.07) is 0.668. The Morgan fingerprint density at radius 1 is 1.29 bits per heavy atom. The van der Waals surface area contributed by atoms with Gasteiger partial charge >= 0.3 is 0 Å². The van der Waals surface area contributed by atoms with E-state index in [1.807, 2.05) is 0 Å². The third-order valence-electron chi connectivity index (χ3n) is 3.96. The van der Waals surface area contributed by atoms with Crippen LogP contribution in [-0.2, 0) is 0 Å². The topological polar surface area (TPSA) is 30.5 Å². The molecule has 2 unspecified atom stereocenters. The molecule has 4 nitrogen and oxygen atoms in total. The lowest BCUT2D eigenvalue weighted by molar-refractivity contribution is 0.00896. The van der Waals surface area contributed by atoms with Crippen molar-refractivity contribution in [2.24, 2.45) is 0 Å². The molecule has 2 fully saturated rings. The molecule has 0 spiro atoms. The van der Waals surface area contributed by atoms with Crippen LogP contribution in [0.15, 0.2) is 0 Å². The fourth-order valence-electron chi connectivity index (χ4n) is 2.99. The second-order valence-corrected chi connectivity index (χ2v) is 5.16. The second-order valence-electron chi connectivity index (χ2n) is 5.16. The van der Waals surface area contributed by atoms with Crippen molar-refractivity contribution in [3.63, 3.8) is 0 Å². The van der Waals surface area contributed by atoms with Gasteiger partial charge < -0.3 is 10.6 Å². The number of nitrogens with one attached hydrogen (secondary N) is 2. The first-order valence-corrected chi connectivity index (χ1v) is 7.06. The molecule has 2 atom stereocenters. The number of hydrogen-bond donors (Lipinski definition) is 2. The van der Waals surface area contributed by atoms with E-state index in [1.165, 1.54) is 25.9 Å². The lowest BCUT2D eigenvalue weighted by Crippen LogP contribution is -2.64. The molecule has 99 valence electrons. The van der Waals surface area contributed by atoms with E-state index in [0.717, 1.165) is 32.7 Å². The first kappa shape index (κ1) is 13.3. The smallest absolute Gasteiger partial charge is 0.0752 e. The third-order valence-corrected chi connectivity index (χ3v) is 3.96. The molecule has 1 radical (unpaired) electrons. The Morgan fingerprint density at radius 2 is 2.06 bits per heavy atom. The van der Waals surface area contributed by atoms with Crippen molar-refractivity contribution in [2.75, 3.05) is 45.8 Å². The summed E-state index contributed by atoms with van der Waals surface area (Å²) in [5.41, 5.74) is 0. The first-order valence-electron chi connectivity index (χ1n) is 7.06. The maximum absolute atomic E-state index is 4.10. The van der Waals surface area contributed by atoms with Crippen LogP contribution in [0.1, 0.15) is 19.8 Å². The molecule has 0 saturated carbocycles. The van der Waals surface area contributed by atoms with Gasteiger partial charge in [0.1, 0.15) is 0 Å². The van der Waals surface area contributed by atoms with E-state index in [9.17, 15) is 0 Å². The van der Waals surface area contributed by atoms with Gasteiger partial charge in [-0.3, -0.25) is 9.80 Å². The minimum atomic E-state index is 0.558. The van der Waals surface area contributed by atoms with Crippen LogP contribution in [0.5, 0.6) is 0 Å². The molecule has 0 aromatic heterocycles. The molecular formula is C13H27N4. The van der Waals surface area contributed by atoms with Gasteiger partial charge in [0.2, 0.25) is 0 Å². The van der Waals surface area contributed by atoms with Gasteiger partial charge in [-0.15, -0.1) is 0 Å². The molecule has 2 rings (SSSR count). The molecule has 2 heterocycles. The predicted octanol–water partition coefficient (Wildman–Crippen LogP) is 0.126. The summed E-state index contributed by atoms with van der Waals surface area (Å²) in [5, 5.41) is 7.12. The highest BCUT2D eigenvalue weighted by atomic mass is 15.4. The maximum Gasteiger partial charge on any atom is 0.0752 e. The number of hydrogen-bond acceptors (Lipinski definition) is 4. The van der Waals surface area contributed by atoms with Crippen LogP contribution in [0.4, 0.5) is 0 Å². The zero-order valence-electron chi connectivity index (χ0n) is 11.1. The number of nitrogens with zero attached hydrogens (tertiary/aromatic N) is 2. The molecule has 2 aliphatic rings. The summed E-state index contributed by atoms with van der Waals surface area (Å²) < 4.78 is 0. The zero-order chi connectivity index (χ0) is 12.1. The fraction of sp³-hybridized carbons (Fsp3) is 0.923.